The highest BCUT2D eigenvalue weighted by atomic mass is 16.2. The zero-order valence-electron chi connectivity index (χ0n) is 12.8. The normalized spacial score (nSPS) is 17.3. The van der Waals surface area contributed by atoms with Crippen LogP contribution in [0.5, 0.6) is 0 Å². The van der Waals surface area contributed by atoms with Crippen LogP contribution in [0.4, 0.5) is 11.4 Å². The molecule has 21 heavy (non-hydrogen) atoms. The molecule has 1 aliphatic heterocycles. The minimum atomic E-state index is -1.14. The molecule has 0 bridgehead atoms. The fourth-order valence-corrected chi connectivity index (χ4v) is 2.32. The van der Waals surface area contributed by atoms with Gasteiger partial charge in [-0.1, -0.05) is 13.8 Å². The summed E-state index contributed by atoms with van der Waals surface area (Å²) in [5, 5.41) is 2.78. The van der Waals surface area contributed by atoms with Gasteiger partial charge in [0, 0.05) is 12.1 Å². The lowest BCUT2D eigenvalue weighted by Gasteiger charge is -2.29. The first-order valence-electron chi connectivity index (χ1n) is 7.00. The summed E-state index contributed by atoms with van der Waals surface area (Å²) in [5.74, 6) is -0.347. The Morgan fingerprint density at radius 2 is 1.95 bits per heavy atom. The third-order valence-electron chi connectivity index (χ3n) is 3.59. The lowest BCUT2D eigenvalue weighted by molar-refractivity contribution is -0.136. The number of amides is 2. The zero-order valence-corrected chi connectivity index (χ0v) is 12.8. The maximum absolute atomic E-state index is 12.8. The molecule has 0 fully saturated rings. The van der Waals surface area contributed by atoms with E-state index in [9.17, 15) is 14.4 Å². The Kier molecular flexibility index (Phi) is 3.85. The van der Waals surface area contributed by atoms with Crippen LogP contribution in [0, 0.1) is 11.3 Å². The van der Waals surface area contributed by atoms with Crippen molar-refractivity contribution in [1.29, 1.82) is 0 Å². The Bertz CT molecular complexity index is 606. The van der Waals surface area contributed by atoms with Gasteiger partial charge in [0.1, 0.15) is 11.7 Å². The topological polar surface area (TPSA) is 66.5 Å². The van der Waals surface area contributed by atoms with Crippen LogP contribution in [-0.2, 0) is 9.59 Å². The van der Waals surface area contributed by atoms with E-state index in [1.165, 1.54) is 0 Å². The predicted octanol–water partition coefficient (Wildman–Crippen LogP) is 2.47. The zero-order chi connectivity index (χ0) is 15.8. The van der Waals surface area contributed by atoms with E-state index in [0.29, 0.717) is 23.5 Å². The number of nitrogens with one attached hydrogen (secondary N) is 1. The van der Waals surface area contributed by atoms with E-state index in [0.717, 1.165) is 6.29 Å². The number of carbonyl (C=O) groups is 3. The van der Waals surface area contributed by atoms with Gasteiger partial charge in [-0.2, -0.15) is 0 Å². The van der Waals surface area contributed by atoms with Crippen molar-refractivity contribution in [3.8, 4) is 0 Å². The number of hydrogen-bond donors (Lipinski definition) is 1. The summed E-state index contributed by atoms with van der Waals surface area (Å²) in [6.45, 7) is 7.73. The highest BCUT2D eigenvalue weighted by Crippen LogP contribution is 2.36. The predicted molar refractivity (Wildman–Crippen MR) is 81.4 cm³/mol. The van der Waals surface area contributed by atoms with Crippen LogP contribution in [0.1, 0.15) is 38.1 Å². The average molecular weight is 288 g/mol. The monoisotopic (exact) mass is 288 g/mol. The van der Waals surface area contributed by atoms with Crippen molar-refractivity contribution in [3.63, 3.8) is 0 Å². The molecule has 0 atom stereocenters. The largest absolute Gasteiger partial charge is 0.323 e. The number of rotatable bonds is 3. The van der Waals surface area contributed by atoms with Crippen LogP contribution in [0.2, 0.25) is 0 Å². The SMILES string of the molecule is CC(C)CN1C(=O)C(C)(C)C(=O)Nc2ccc(C=O)cc21. The van der Waals surface area contributed by atoms with Gasteiger partial charge in [0.2, 0.25) is 11.8 Å². The number of hydrogen-bond acceptors (Lipinski definition) is 3. The van der Waals surface area contributed by atoms with Gasteiger partial charge in [0.25, 0.3) is 0 Å². The Hall–Kier alpha value is -2.17. The van der Waals surface area contributed by atoms with Crippen LogP contribution >= 0.6 is 0 Å². The molecule has 1 heterocycles. The molecule has 5 nitrogen and oxygen atoms in total. The first-order chi connectivity index (χ1) is 9.77. The molecular weight excluding hydrogens is 268 g/mol. The Balaban J connectivity index is 2.61. The average Bonchev–Trinajstić information content (AvgIpc) is 2.49. The molecule has 1 N–H and O–H groups in total. The van der Waals surface area contributed by atoms with E-state index in [2.05, 4.69) is 5.32 Å². The molecule has 0 spiro atoms. The standard InChI is InChI=1S/C16H20N2O3/c1-10(2)8-18-13-7-11(9-19)5-6-12(13)17-14(20)16(3,4)15(18)21/h5-7,9-10H,8H2,1-4H3,(H,17,20). The van der Waals surface area contributed by atoms with Gasteiger partial charge in [-0.05, 0) is 38.0 Å². The van der Waals surface area contributed by atoms with E-state index in [-0.39, 0.29) is 17.7 Å². The summed E-state index contributed by atoms with van der Waals surface area (Å²) in [4.78, 5) is 37.6. The summed E-state index contributed by atoms with van der Waals surface area (Å²) >= 11 is 0. The highest BCUT2D eigenvalue weighted by Gasteiger charge is 2.43. The smallest absolute Gasteiger partial charge is 0.242 e. The first kappa shape index (κ1) is 15.2. The third kappa shape index (κ3) is 2.68. The fraction of sp³-hybridized carbons (Fsp3) is 0.438. The van der Waals surface area contributed by atoms with E-state index in [1.54, 1.807) is 36.9 Å². The first-order valence-corrected chi connectivity index (χ1v) is 7.00. The summed E-state index contributed by atoms with van der Waals surface area (Å²) in [7, 11) is 0. The van der Waals surface area contributed by atoms with E-state index >= 15 is 0 Å². The number of fused-ring (bicyclic) bond motifs is 1. The van der Waals surface area contributed by atoms with Crippen LogP contribution in [-0.4, -0.2) is 24.6 Å². The molecule has 0 unspecified atom stereocenters. The Morgan fingerprint density at radius 1 is 1.29 bits per heavy atom. The van der Waals surface area contributed by atoms with Gasteiger partial charge in [0.15, 0.2) is 0 Å². The van der Waals surface area contributed by atoms with Gasteiger partial charge >= 0.3 is 0 Å². The molecule has 112 valence electrons. The van der Waals surface area contributed by atoms with Crippen LogP contribution in [0.3, 0.4) is 0 Å². The summed E-state index contributed by atoms with van der Waals surface area (Å²) in [6, 6.07) is 4.94. The minimum absolute atomic E-state index is 0.241. The number of anilines is 2. The molecule has 0 aliphatic carbocycles. The minimum Gasteiger partial charge on any atom is -0.323 e. The van der Waals surface area contributed by atoms with Crippen molar-refractivity contribution in [1.82, 2.24) is 0 Å². The molecule has 2 rings (SSSR count). The number of aldehydes is 1. The van der Waals surface area contributed by atoms with Crippen molar-refractivity contribution in [2.45, 2.75) is 27.7 Å². The summed E-state index contributed by atoms with van der Waals surface area (Å²) in [5.41, 5.74) is 0.474. The molecule has 0 saturated carbocycles. The molecule has 2 amide bonds. The molecule has 5 heteroatoms. The highest BCUT2D eigenvalue weighted by molar-refractivity contribution is 6.19. The molecule has 1 aromatic rings. The third-order valence-corrected chi connectivity index (χ3v) is 3.59. The molecule has 0 aromatic heterocycles. The summed E-state index contributed by atoms with van der Waals surface area (Å²) < 4.78 is 0. The molecular formula is C16H20N2O3. The number of carbonyl (C=O) groups excluding carboxylic acids is 3. The van der Waals surface area contributed by atoms with Crippen molar-refractivity contribution < 1.29 is 14.4 Å². The Labute approximate surface area is 124 Å². The van der Waals surface area contributed by atoms with E-state index in [1.807, 2.05) is 13.8 Å². The van der Waals surface area contributed by atoms with Crippen molar-refractivity contribution >= 4 is 29.5 Å². The fourth-order valence-electron chi connectivity index (χ4n) is 2.32. The quantitative estimate of drug-likeness (QED) is 0.686. The molecule has 1 aliphatic rings. The van der Waals surface area contributed by atoms with E-state index in [4.69, 9.17) is 0 Å². The van der Waals surface area contributed by atoms with E-state index < -0.39 is 5.41 Å². The Morgan fingerprint density at radius 3 is 2.52 bits per heavy atom. The number of nitrogens with zero attached hydrogens (tertiary/aromatic N) is 1. The number of benzene rings is 1. The van der Waals surface area contributed by atoms with Gasteiger partial charge in [-0.3, -0.25) is 14.4 Å². The van der Waals surface area contributed by atoms with Gasteiger partial charge in [0.05, 0.1) is 11.4 Å². The second kappa shape index (κ2) is 5.31. The maximum atomic E-state index is 12.8. The van der Waals surface area contributed by atoms with Gasteiger partial charge in [-0.15, -0.1) is 0 Å². The van der Waals surface area contributed by atoms with Crippen LogP contribution < -0.4 is 10.2 Å². The van der Waals surface area contributed by atoms with Crippen molar-refractivity contribution in [3.05, 3.63) is 23.8 Å². The molecule has 0 radical (unpaired) electrons. The lowest BCUT2D eigenvalue weighted by atomic mass is 9.90. The van der Waals surface area contributed by atoms with Crippen LogP contribution in [0.15, 0.2) is 18.2 Å². The van der Waals surface area contributed by atoms with Gasteiger partial charge in [-0.25, -0.2) is 0 Å². The second-order valence-corrected chi connectivity index (χ2v) is 6.28. The maximum Gasteiger partial charge on any atom is 0.242 e. The van der Waals surface area contributed by atoms with Crippen molar-refractivity contribution in [2.75, 3.05) is 16.8 Å². The second-order valence-electron chi connectivity index (χ2n) is 6.28. The molecule has 1 aromatic carbocycles. The van der Waals surface area contributed by atoms with Crippen LogP contribution in [0.25, 0.3) is 0 Å². The molecule has 0 saturated heterocycles. The van der Waals surface area contributed by atoms with Crippen molar-refractivity contribution in [2.24, 2.45) is 11.3 Å². The van der Waals surface area contributed by atoms with Gasteiger partial charge < -0.3 is 10.2 Å². The lowest BCUT2D eigenvalue weighted by Crippen LogP contribution is -2.46. The summed E-state index contributed by atoms with van der Waals surface area (Å²) in [6.07, 6.45) is 0.732.